The van der Waals surface area contributed by atoms with Crippen LogP contribution in [0.2, 0.25) is 0 Å². The van der Waals surface area contributed by atoms with Gasteiger partial charge in [0.1, 0.15) is 5.84 Å². The molecule has 0 unspecified atom stereocenters. The van der Waals surface area contributed by atoms with Gasteiger partial charge in [0.2, 0.25) is 0 Å². The Bertz CT molecular complexity index is 434. The average Bonchev–Trinajstić information content (AvgIpc) is 2.34. The molecule has 0 spiro atoms. The molecule has 0 radical (unpaired) electrons. The molecular formula is C11H14IN3O2. The molecule has 0 bridgehead atoms. The summed E-state index contributed by atoms with van der Waals surface area (Å²) in [5.41, 5.74) is 5.98. The van der Waals surface area contributed by atoms with Crippen LogP contribution in [0, 0.1) is 3.57 Å². The Morgan fingerprint density at radius 2 is 2.29 bits per heavy atom. The monoisotopic (exact) mass is 347 g/mol. The van der Waals surface area contributed by atoms with E-state index < -0.39 is 0 Å². The lowest BCUT2D eigenvalue weighted by atomic mass is 10.2. The first-order valence-corrected chi connectivity index (χ1v) is 6.10. The molecule has 0 saturated heterocycles. The standard InChI is InChI=1S/C11H14IN3O2/c1-15(6-5-10(13)14-17)11(16)8-3-2-4-9(12)7-8/h2-4,7,17H,5-6H2,1H3,(H2,13,14). The van der Waals surface area contributed by atoms with Crippen LogP contribution >= 0.6 is 22.6 Å². The van der Waals surface area contributed by atoms with Crippen molar-refractivity contribution in [2.45, 2.75) is 6.42 Å². The van der Waals surface area contributed by atoms with Crippen molar-refractivity contribution >= 4 is 34.3 Å². The van der Waals surface area contributed by atoms with E-state index in [-0.39, 0.29) is 11.7 Å². The minimum absolute atomic E-state index is 0.0748. The van der Waals surface area contributed by atoms with Crippen molar-refractivity contribution in [2.75, 3.05) is 13.6 Å². The fourth-order valence-corrected chi connectivity index (χ4v) is 1.82. The van der Waals surface area contributed by atoms with E-state index in [4.69, 9.17) is 10.9 Å². The summed E-state index contributed by atoms with van der Waals surface area (Å²) in [7, 11) is 1.69. The topological polar surface area (TPSA) is 78.9 Å². The summed E-state index contributed by atoms with van der Waals surface area (Å²) in [4.78, 5) is 13.5. The highest BCUT2D eigenvalue weighted by molar-refractivity contribution is 14.1. The highest BCUT2D eigenvalue weighted by Gasteiger charge is 2.11. The minimum atomic E-state index is -0.0748. The number of hydrogen-bond donors (Lipinski definition) is 2. The number of benzene rings is 1. The van der Waals surface area contributed by atoms with Crippen molar-refractivity contribution in [3.8, 4) is 0 Å². The molecule has 0 aliphatic carbocycles. The van der Waals surface area contributed by atoms with Gasteiger partial charge in [0.05, 0.1) is 0 Å². The zero-order valence-corrected chi connectivity index (χ0v) is 11.6. The fourth-order valence-electron chi connectivity index (χ4n) is 1.28. The first kappa shape index (κ1) is 13.8. The van der Waals surface area contributed by atoms with Crippen LogP contribution in [0.15, 0.2) is 29.4 Å². The molecule has 1 rings (SSSR count). The quantitative estimate of drug-likeness (QED) is 0.285. The van der Waals surface area contributed by atoms with Crippen LogP contribution < -0.4 is 5.73 Å². The van der Waals surface area contributed by atoms with Crippen LogP contribution in [-0.2, 0) is 0 Å². The summed E-state index contributed by atoms with van der Waals surface area (Å²) >= 11 is 2.16. The van der Waals surface area contributed by atoms with E-state index in [1.54, 1.807) is 18.0 Å². The molecule has 1 aromatic rings. The van der Waals surface area contributed by atoms with Crippen LogP contribution in [0.5, 0.6) is 0 Å². The number of nitrogens with zero attached hydrogens (tertiary/aromatic N) is 2. The summed E-state index contributed by atoms with van der Waals surface area (Å²) in [6, 6.07) is 7.35. The number of oxime groups is 1. The van der Waals surface area contributed by atoms with E-state index >= 15 is 0 Å². The van der Waals surface area contributed by atoms with Crippen LogP contribution in [0.25, 0.3) is 0 Å². The van der Waals surface area contributed by atoms with Gasteiger partial charge in [-0.05, 0) is 40.8 Å². The van der Waals surface area contributed by atoms with Crippen molar-refractivity contribution in [1.82, 2.24) is 4.90 Å². The van der Waals surface area contributed by atoms with Crippen LogP contribution in [0.1, 0.15) is 16.8 Å². The van der Waals surface area contributed by atoms with E-state index in [0.717, 1.165) is 3.57 Å². The third kappa shape index (κ3) is 4.22. The Labute approximate surface area is 113 Å². The molecule has 92 valence electrons. The third-order valence-electron chi connectivity index (χ3n) is 2.25. The van der Waals surface area contributed by atoms with E-state index in [2.05, 4.69) is 27.7 Å². The number of amidine groups is 1. The fraction of sp³-hybridized carbons (Fsp3) is 0.273. The van der Waals surface area contributed by atoms with Gasteiger partial charge in [-0.2, -0.15) is 0 Å². The highest BCUT2D eigenvalue weighted by Crippen LogP contribution is 2.09. The zero-order chi connectivity index (χ0) is 12.8. The van der Waals surface area contributed by atoms with Crippen molar-refractivity contribution < 1.29 is 10.0 Å². The Balaban J connectivity index is 2.64. The van der Waals surface area contributed by atoms with Crippen LogP contribution in [0.3, 0.4) is 0 Å². The highest BCUT2D eigenvalue weighted by atomic mass is 127. The Kier molecular flexibility index (Phi) is 5.20. The number of carbonyl (C=O) groups excluding carboxylic acids is 1. The third-order valence-corrected chi connectivity index (χ3v) is 2.92. The molecule has 1 aromatic carbocycles. The summed E-state index contributed by atoms with van der Waals surface area (Å²) in [5, 5.41) is 11.3. The molecule has 0 saturated carbocycles. The smallest absolute Gasteiger partial charge is 0.253 e. The van der Waals surface area contributed by atoms with Gasteiger partial charge in [-0.3, -0.25) is 4.79 Å². The normalized spacial score (nSPS) is 11.3. The molecule has 17 heavy (non-hydrogen) atoms. The predicted molar refractivity (Wildman–Crippen MR) is 74.1 cm³/mol. The summed E-state index contributed by atoms with van der Waals surface area (Å²) in [6.45, 7) is 0.417. The Morgan fingerprint density at radius 1 is 1.59 bits per heavy atom. The van der Waals surface area contributed by atoms with Gasteiger partial charge in [-0.15, -0.1) is 0 Å². The summed E-state index contributed by atoms with van der Waals surface area (Å²) in [6.07, 6.45) is 0.350. The summed E-state index contributed by atoms with van der Waals surface area (Å²) < 4.78 is 1.01. The van der Waals surface area contributed by atoms with Gasteiger partial charge < -0.3 is 15.8 Å². The van der Waals surface area contributed by atoms with Crippen molar-refractivity contribution in [3.05, 3.63) is 33.4 Å². The first-order valence-electron chi connectivity index (χ1n) is 5.02. The van der Waals surface area contributed by atoms with Gasteiger partial charge in [-0.25, -0.2) is 0 Å². The summed E-state index contributed by atoms with van der Waals surface area (Å²) in [5.74, 6) is 0.0431. The average molecular weight is 347 g/mol. The lowest BCUT2D eigenvalue weighted by Gasteiger charge is -2.16. The van der Waals surface area contributed by atoms with Crippen molar-refractivity contribution in [2.24, 2.45) is 10.9 Å². The second-order valence-electron chi connectivity index (χ2n) is 3.58. The maximum absolute atomic E-state index is 12.0. The Hall–Kier alpha value is -1.31. The van der Waals surface area contributed by atoms with Crippen LogP contribution in [0.4, 0.5) is 0 Å². The number of hydrogen-bond acceptors (Lipinski definition) is 3. The molecule has 0 atom stereocenters. The molecule has 0 aliphatic rings. The number of nitrogens with two attached hydrogens (primary N) is 1. The zero-order valence-electron chi connectivity index (χ0n) is 9.43. The molecule has 3 N–H and O–H groups in total. The lowest BCUT2D eigenvalue weighted by molar-refractivity contribution is 0.0798. The molecule has 6 heteroatoms. The van der Waals surface area contributed by atoms with Gasteiger partial charge in [0, 0.05) is 29.1 Å². The molecule has 5 nitrogen and oxygen atoms in total. The molecular weight excluding hydrogens is 333 g/mol. The first-order chi connectivity index (χ1) is 8.04. The predicted octanol–water partition coefficient (Wildman–Crippen LogP) is 1.50. The minimum Gasteiger partial charge on any atom is -0.409 e. The number of halogens is 1. The number of rotatable bonds is 4. The maximum Gasteiger partial charge on any atom is 0.253 e. The number of carbonyl (C=O) groups is 1. The second kappa shape index (κ2) is 6.43. The lowest BCUT2D eigenvalue weighted by Crippen LogP contribution is -2.30. The van der Waals surface area contributed by atoms with E-state index in [9.17, 15) is 4.79 Å². The molecule has 0 aliphatic heterocycles. The molecule has 1 amide bonds. The van der Waals surface area contributed by atoms with E-state index in [1.807, 2.05) is 18.2 Å². The maximum atomic E-state index is 12.0. The van der Waals surface area contributed by atoms with Crippen molar-refractivity contribution in [1.29, 1.82) is 0 Å². The second-order valence-corrected chi connectivity index (χ2v) is 4.82. The van der Waals surface area contributed by atoms with Gasteiger partial charge in [0.25, 0.3) is 5.91 Å². The molecule has 0 heterocycles. The SMILES string of the molecule is CN(CC/C(N)=N/O)C(=O)c1cccc(I)c1. The number of amides is 1. The van der Waals surface area contributed by atoms with Gasteiger partial charge >= 0.3 is 0 Å². The Morgan fingerprint density at radius 3 is 2.88 bits per heavy atom. The van der Waals surface area contributed by atoms with Crippen LogP contribution in [-0.4, -0.2) is 35.4 Å². The molecule has 0 aromatic heterocycles. The van der Waals surface area contributed by atoms with Gasteiger partial charge in [0.15, 0.2) is 0 Å². The molecule has 0 fully saturated rings. The van der Waals surface area contributed by atoms with Gasteiger partial charge in [-0.1, -0.05) is 11.2 Å². The van der Waals surface area contributed by atoms with Crippen molar-refractivity contribution in [3.63, 3.8) is 0 Å². The largest absolute Gasteiger partial charge is 0.409 e. The van der Waals surface area contributed by atoms with E-state index in [0.29, 0.717) is 18.5 Å². The van der Waals surface area contributed by atoms with E-state index in [1.165, 1.54) is 0 Å².